The zero-order valence-corrected chi connectivity index (χ0v) is 10.8. The Hall–Kier alpha value is -3.31. The summed E-state index contributed by atoms with van der Waals surface area (Å²) in [5.74, 6) is -0.0530. The largest absolute Gasteiger partial charge is 0.361 e. The zero-order valence-electron chi connectivity index (χ0n) is 10.8. The van der Waals surface area contributed by atoms with E-state index in [1.165, 1.54) is 12.3 Å². The molecule has 0 fully saturated rings. The van der Waals surface area contributed by atoms with Crippen LogP contribution in [0.15, 0.2) is 53.9 Å². The SMILES string of the molecule is [N-]=[N+]=Nc1ccc(C(=O)Nc2ccc3cc[nH]c3c2)cn1. The summed E-state index contributed by atoms with van der Waals surface area (Å²) >= 11 is 0. The van der Waals surface area contributed by atoms with Crippen LogP contribution in [-0.2, 0) is 0 Å². The van der Waals surface area contributed by atoms with Crippen molar-refractivity contribution in [1.82, 2.24) is 9.97 Å². The minimum absolute atomic E-state index is 0.224. The summed E-state index contributed by atoms with van der Waals surface area (Å²) in [4.78, 5) is 21.7. The lowest BCUT2D eigenvalue weighted by molar-refractivity contribution is 0.102. The highest BCUT2D eigenvalue weighted by Crippen LogP contribution is 2.18. The molecular formula is C14H10N6O. The van der Waals surface area contributed by atoms with Gasteiger partial charge in [-0.15, -0.1) is 0 Å². The van der Waals surface area contributed by atoms with Gasteiger partial charge in [0.25, 0.3) is 5.91 Å². The van der Waals surface area contributed by atoms with Crippen LogP contribution in [0.2, 0.25) is 0 Å². The maximum atomic E-state index is 12.1. The molecule has 0 aliphatic rings. The molecule has 1 amide bonds. The summed E-state index contributed by atoms with van der Waals surface area (Å²) in [5.41, 5.74) is 10.3. The quantitative estimate of drug-likeness (QED) is 0.432. The molecule has 1 aromatic carbocycles. The number of anilines is 1. The van der Waals surface area contributed by atoms with Crippen molar-refractivity contribution in [2.45, 2.75) is 0 Å². The fraction of sp³-hybridized carbons (Fsp3) is 0. The first-order valence-electron chi connectivity index (χ1n) is 6.16. The van der Waals surface area contributed by atoms with Gasteiger partial charge in [-0.3, -0.25) is 9.78 Å². The molecule has 0 aliphatic heterocycles. The Bertz CT molecular complexity index is 845. The first kappa shape index (κ1) is 12.7. The summed E-state index contributed by atoms with van der Waals surface area (Å²) in [6.45, 7) is 0. The van der Waals surface area contributed by atoms with E-state index < -0.39 is 0 Å². The Labute approximate surface area is 119 Å². The number of azide groups is 1. The van der Waals surface area contributed by atoms with Crippen molar-refractivity contribution in [1.29, 1.82) is 0 Å². The Morgan fingerprint density at radius 3 is 2.95 bits per heavy atom. The summed E-state index contributed by atoms with van der Waals surface area (Å²) in [6, 6.07) is 10.6. The standard InChI is InChI=1S/C14H10N6O/c15-20-19-13-4-2-10(8-17-13)14(21)18-11-3-1-9-5-6-16-12(9)7-11/h1-8,16H,(H,18,21). The van der Waals surface area contributed by atoms with Crippen molar-refractivity contribution in [3.05, 3.63) is 64.8 Å². The molecule has 3 rings (SSSR count). The van der Waals surface area contributed by atoms with E-state index in [1.54, 1.807) is 6.07 Å². The molecule has 2 aromatic heterocycles. The molecule has 102 valence electrons. The number of H-pyrrole nitrogens is 1. The van der Waals surface area contributed by atoms with Gasteiger partial charge >= 0.3 is 0 Å². The first-order valence-corrected chi connectivity index (χ1v) is 6.16. The molecule has 0 saturated carbocycles. The fourth-order valence-corrected chi connectivity index (χ4v) is 1.95. The van der Waals surface area contributed by atoms with Gasteiger partial charge in [-0.05, 0) is 46.4 Å². The fourth-order valence-electron chi connectivity index (χ4n) is 1.95. The van der Waals surface area contributed by atoms with Gasteiger partial charge in [0.1, 0.15) is 5.82 Å². The normalized spacial score (nSPS) is 10.1. The molecule has 7 nitrogen and oxygen atoms in total. The molecule has 0 atom stereocenters. The predicted molar refractivity (Wildman–Crippen MR) is 79.3 cm³/mol. The van der Waals surface area contributed by atoms with Crippen LogP contribution in [0.5, 0.6) is 0 Å². The third kappa shape index (κ3) is 2.68. The molecule has 0 bridgehead atoms. The van der Waals surface area contributed by atoms with Crippen molar-refractivity contribution in [3.8, 4) is 0 Å². The average Bonchev–Trinajstić information content (AvgIpc) is 2.96. The van der Waals surface area contributed by atoms with Crippen LogP contribution in [0.4, 0.5) is 11.5 Å². The number of pyridine rings is 1. The third-order valence-electron chi connectivity index (χ3n) is 2.97. The molecule has 3 aromatic rings. The van der Waals surface area contributed by atoms with Gasteiger partial charge in [0.2, 0.25) is 0 Å². The maximum absolute atomic E-state index is 12.1. The highest BCUT2D eigenvalue weighted by atomic mass is 16.1. The summed E-state index contributed by atoms with van der Waals surface area (Å²) in [5, 5.41) is 7.22. The molecule has 0 radical (unpaired) electrons. The van der Waals surface area contributed by atoms with E-state index >= 15 is 0 Å². The first-order chi connectivity index (χ1) is 10.3. The lowest BCUT2D eigenvalue weighted by Crippen LogP contribution is -2.11. The van der Waals surface area contributed by atoms with Crippen molar-refractivity contribution in [2.24, 2.45) is 5.11 Å². The monoisotopic (exact) mass is 278 g/mol. The zero-order chi connectivity index (χ0) is 14.7. The van der Waals surface area contributed by atoms with Crippen molar-refractivity contribution in [2.75, 3.05) is 5.32 Å². The second kappa shape index (κ2) is 5.36. The number of amides is 1. The topological polar surface area (TPSA) is 107 Å². The summed E-state index contributed by atoms with van der Waals surface area (Å²) < 4.78 is 0. The second-order valence-corrected chi connectivity index (χ2v) is 4.33. The number of nitrogens with zero attached hydrogens (tertiary/aromatic N) is 4. The minimum atomic E-state index is -0.277. The molecule has 0 saturated heterocycles. The third-order valence-corrected chi connectivity index (χ3v) is 2.97. The molecule has 21 heavy (non-hydrogen) atoms. The van der Waals surface area contributed by atoms with Crippen LogP contribution in [0.3, 0.4) is 0 Å². The van der Waals surface area contributed by atoms with Gasteiger partial charge in [0.15, 0.2) is 0 Å². The van der Waals surface area contributed by atoms with E-state index in [4.69, 9.17) is 5.53 Å². The molecule has 2 N–H and O–H groups in total. The molecule has 2 heterocycles. The van der Waals surface area contributed by atoms with Crippen LogP contribution in [0.25, 0.3) is 21.3 Å². The van der Waals surface area contributed by atoms with E-state index in [2.05, 4.69) is 25.3 Å². The van der Waals surface area contributed by atoms with Crippen molar-refractivity contribution < 1.29 is 4.79 Å². The number of carbonyl (C=O) groups is 1. The smallest absolute Gasteiger partial charge is 0.257 e. The number of aromatic amines is 1. The van der Waals surface area contributed by atoms with Crippen LogP contribution in [-0.4, -0.2) is 15.9 Å². The van der Waals surface area contributed by atoms with Crippen LogP contribution in [0, 0.1) is 0 Å². The molecule has 0 aliphatic carbocycles. The van der Waals surface area contributed by atoms with Crippen molar-refractivity contribution in [3.63, 3.8) is 0 Å². The molecular weight excluding hydrogens is 268 g/mol. The van der Waals surface area contributed by atoms with E-state index in [0.29, 0.717) is 11.3 Å². The number of hydrogen-bond acceptors (Lipinski definition) is 3. The van der Waals surface area contributed by atoms with Gasteiger partial charge in [-0.25, -0.2) is 0 Å². The lowest BCUT2D eigenvalue weighted by atomic mass is 10.2. The highest BCUT2D eigenvalue weighted by molar-refractivity contribution is 6.04. The van der Waals surface area contributed by atoms with Crippen LogP contribution >= 0.6 is 0 Å². The van der Waals surface area contributed by atoms with E-state index in [0.717, 1.165) is 10.9 Å². The number of nitrogens with one attached hydrogen (secondary N) is 2. The number of aromatic nitrogens is 2. The number of hydrogen-bond donors (Lipinski definition) is 2. The predicted octanol–water partition coefficient (Wildman–Crippen LogP) is 3.76. The van der Waals surface area contributed by atoms with Gasteiger partial charge in [-0.2, -0.15) is 0 Å². The number of benzene rings is 1. The van der Waals surface area contributed by atoms with Crippen molar-refractivity contribution >= 4 is 28.3 Å². The highest BCUT2D eigenvalue weighted by Gasteiger charge is 2.07. The van der Waals surface area contributed by atoms with E-state index in [-0.39, 0.29) is 11.7 Å². The van der Waals surface area contributed by atoms with Gasteiger partial charge in [0, 0.05) is 28.5 Å². The van der Waals surface area contributed by atoms with Gasteiger partial charge in [0.05, 0.1) is 5.56 Å². The van der Waals surface area contributed by atoms with E-state index in [9.17, 15) is 4.79 Å². The summed E-state index contributed by atoms with van der Waals surface area (Å²) in [6.07, 6.45) is 3.21. The summed E-state index contributed by atoms with van der Waals surface area (Å²) in [7, 11) is 0. The number of fused-ring (bicyclic) bond motifs is 1. The van der Waals surface area contributed by atoms with Crippen LogP contribution in [0.1, 0.15) is 10.4 Å². The Kier molecular flexibility index (Phi) is 3.24. The Morgan fingerprint density at radius 1 is 1.29 bits per heavy atom. The number of carbonyl (C=O) groups excluding carboxylic acids is 1. The lowest BCUT2D eigenvalue weighted by Gasteiger charge is -2.05. The van der Waals surface area contributed by atoms with Gasteiger partial charge in [-0.1, -0.05) is 6.07 Å². The molecule has 0 spiro atoms. The minimum Gasteiger partial charge on any atom is -0.361 e. The van der Waals surface area contributed by atoms with E-state index in [1.807, 2.05) is 30.5 Å². The Morgan fingerprint density at radius 2 is 2.19 bits per heavy atom. The average molecular weight is 278 g/mol. The maximum Gasteiger partial charge on any atom is 0.257 e. The number of rotatable bonds is 3. The second-order valence-electron chi connectivity index (χ2n) is 4.33. The molecule has 7 heteroatoms. The van der Waals surface area contributed by atoms with Crippen LogP contribution < -0.4 is 5.32 Å². The Balaban J connectivity index is 1.80. The van der Waals surface area contributed by atoms with Gasteiger partial charge < -0.3 is 10.3 Å². The molecule has 0 unspecified atom stereocenters.